The summed E-state index contributed by atoms with van der Waals surface area (Å²) < 4.78 is 45.3. The number of methoxy groups -OCH3 is 1. The number of fused-ring (bicyclic) bond motifs is 2. The summed E-state index contributed by atoms with van der Waals surface area (Å²) in [5.74, 6) is -2.30. The molecule has 0 aromatic rings. The number of carbonyl (C=O) groups excluding carboxylic acids is 1. The number of hydrogen-bond donors (Lipinski definition) is 2. The van der Waals surface area contributed by atoms with E-state index in [0.29, 0.717) is 42.7 Å². The molecule has 0 aromatic carbocycles. The van der Waals surface area contributed by atoms with Gasteiger partial charge in [0.05, 0.1) is 42.4 Å². The Bertz CT molecular complexity index is 1470. The predicted octanol–water partition coefficient (Wildman–Crippen LogP) is 6.21. The van der Waals surface area contributed by atoms with Crippen molar-refractivity contribution >= 4 is 17.7 Å². The van der Waals surface area contributed by atoms with E-state index in [1.54, 1.807) is 37.9 Å². The van der Waals surface area contributed by atoms with Crippen LogP contribution in [-0.2, 0) is 38.0 Å². The molecule has 6 rings (SSSR count). The monoisotopic (exact) mass is 758 g/mol. The molecule has 10 nitrogen and oxygen atoms in total. The molecule has 6 aliphatic rings. The van der Waals surface area contributed by atoms with E-state index >= 15 is 0 Å². The minimum Gasteiger partial charge on any atom is -0.462 e. The highest BCUT2D eigenvalue weighted by Gasteiger charge is 2.60. The van der Waals surface area contributed by atoms with Crippen molar-refractivity contribution in [2.75, 3.05) is 20.0 Å². The Kier molecular flexibility index (Phi) is 12.9. The van der Waals surface area contributed by atoms with Gasteiger partial charge in [-0.2, -0.15) is 11.8 Å². The molecule has 11 heteroatoms. The molecule has 2 bridgehead atoms. The van der Waals surface area contributed by atoms with E-state index in [4.69, 9.17) is 33.2 Å². The van der Waals surface area contributed by atoms with Crippen LogP contribution in [0.3, 0.4) is 0 Å². The van der Waals surface area contributed by atoms with Gasteiger partial charge < -0.3 is 43.4 Å². The minimum atomic E-state index is -1.79. The third-order valence-corrected chi connectivity index (χ3v) is 13.7. The van der Waals surface area contributed by atoms with Gasteiger partial charge in [-0.3, -0.25) is 4.79 Å². The number of thioether (sulfide) groups is 1. The molecule has 0 saturated carbocycles. The third-order valence-electron chi connectivity index (χ3n) is 12.5. The SMILES string of the molecule is CCC(C)[C@H]1O[C@]2(C=C[C@@H]1C)C[C@@H]1C[C@@H](C/C=C(\C)[C@@H](O[C@H]3C[C@H](OC)[C@H](SC)[C@H](C)O3)[C@@H](C)/C=C/C=C3\CO[C@@H]4[C@H](O)C(C)=C[C@@H](C(=O)O1)[C@]34O)O2. The first-order valence-electron chi connectivity index (χ1n) is 19.6. The minimum absolute atomic E-state index is 0.00525. The van der Waals surface area contributed by atoms with Gasteiger partial charge in [0.1, 0.15) is 29.8 Å². The van der Waals surface area contributed by atoms with Crippen molar-refractivity contribution in [1.82, 2.24) is 0 Å². The van der Waals surface area contributed by atoms with Crippen LogP contribution in [0.2, 0.25) is 0 Å². The molecule has 0 radical (unpaired) electrons. The number of aliphatic hydroxyl groups excluding tert-OH is 1. The zero-order valence-electron chi connectivity index (χ0n) is 32.9. The highest BCUT2D eigenvalue weighted by Crippen LogP contribution is 2.47. The first-order valence-corrected chi connectivity index (χ1v) is 20.9. The van der Waals surface area contributed by atoms with E-state index in [0.717, 1.165) is 12.0 Å². The van der Waals surface area contributed by atoms with Crippen molar-refractivity contribution in [2.45, 2.75) is 152 Å². The molecule has 53 heavy (non-hydrogen) atoms. The quantitative estimate of drug-likeness (QED) is 0.238. The maximum atomic E-state index is 14.2. The van der Waals surface area contributed by atoms with Crippen LogP contribution in [0, 0.1) is 23.7 Å². The van der Waals surface area contributed by atoms with Crippen LogP contribution in [0.4, 0.5) is 0 Å². The molecule has 1 spiro atoms. The molecule has 296 valence electrons. The number of rotatable bonds is 6. The second kappa shape index (κ2) is 16.7. The van der Waals surface area contributed by atoms with Crippen molar-refractivity contribution in [3.8, 4) is 0 Å². The molecular formula is C42H62O10S. The summed E-state index contributed by atoms with van der Waals surface area (Å²) in [6.45, 7) is 14.6. The van der Waals surface area contributed by atoms with Crippen LogP contribution in [0.5, 0.6) is 0 Å². The molecule has 2 N–H and O–H groups in total. The van der Waals surface area contributed by atoms with Crippen LogP contribution in [0.25, 0.3) is 0 Å². The van der Waals surface area contributed by atoms with E-state index in [1.807, 2.05) is 18.2 Å². The average Bonchev–Trinajstić information content (AvgIpc) is 3.47. The first kappa shape index (κ1) is 40.9. The fourth-order valence-corrected chi connectivity index (χ4v) is 10.2. The highest BCUT2D eigenvalue weighted by molar-refractivity contribution is 7.99. The molecular weight excluding hydrogens is 697 g/mol. The predicted molar refractivity (Wildman–Crippen MR) is 204 cm³/mol. The molecule has 5 aliphatic heterocycles. The lowest BCUT2D eigenvalue weighted by Gasteiger charge is -2.48. The number of esters is 1. The maximum Gasteiger partial charge on any atom is 0.316 e. The molecule has 1 unspecified atom stereocenters. The summed E-state index contributed by atoms with van der Waals surface area (Å²) in [5, 5.41) is 23.7. The molecule has 1 aliphatic carbocycles. The van der Waals surface area contributed by atoms with E-state index in [-0.39, 0.29) is 54.2 Å². The molecule has 0 aromatic heterocycles. The summed E-state index contributed by atoms with van der Waals surface area (Å²) in [5.41, 5.74) is 0.308. The largest absolute Gasteiger partial charge is 0.462 e. The maximum absolute atomic E-state index is 14.2. The van der Waals surface area contributed by atoms with Gasteiger partial charge in [0.2, 0.25) is 0 Å². The van der Waals surface area contributed by atoms with Gasteiger partial charge in [0.25, 0.3) is 0 Å². The fourth-order valence-electron chi connectivity index (χ4n) is 9.20. The Morgan fingerprint density at radius 2 is 1.85 bits per heavy atom. The number of allylic oxidation sites excluding steroid dienone is 2. The average molecular weight is 759 g/mol. The number of aliphatic hydroxyl groups is 2. The summed E-state index contributed by atoms with van der Waals surface area (Å²) in [6, 6.07) is 0. The van der Waals surface area contributed by atoms with Crippen LogP contribution in [-0.4, -0.2) is 108 Å². The van der Waals surface area contributed by atoms with E-state index < -0.39 is 47.9 Å². The molecule has 0 amide bonds. The van der Waals surface area contributed by atoms with Crippen LogP contribution in [0.1, 0.15) is 80.6 Å². The van der Waals surface area contributed by atoms with E-state index in [2.05, 4.69) is 60.0 Å². The standard InChI is InChI=1S/C42H62O10S/c1-10-23(2)37-26(5)16-17-41(52-37)21-31-19-30(51-41)15-14-25(4)36(50-34-20-33(46-8)38(53-9)28(7)48-34)24(3)12-11-13-29-22-47-39-35(43)27(6)18-32(40(44)49-31)42(29,39)45/h11-14,16-18,23-24,26,28,30-39,43,45H,10,15,19-22H2,1-9H3/b12-11+,25-14+,29-13+/t23?,24-,26-,28-,30+,31-,32-,33-,34-,35+,36-,37+,38+,39+,41+,42+/m0/s1. The lowest BCUT2D eigenvalue weighted by Crippen LogP contribution is -2.58. The van der Waals surface area contributed by atoms with Gasteiger partial charge in [-0.1, -0.05) is 70.6 Å². The highest BCUT2D eigenvalue weighted by atomic mass is 32.2. The van der Waals surface area contributed by atoms with E-state index in [1.165, 1.54) is 0 Å². The second-order valence-corrected chi connectivity index (χ2v) is 17.3. The van der Waals surface area contributed by atoms with Crippen LogP contribution < -0.4 is 0 Å². The summed E-state index contributed by atoms with van der Waals surface area (Å²) in [4.78, 5) is 14.2. The molecule has 5 heterocycles. The van der Waals surface area contributed by atoms with Gasteiger partial charge in [-0.15, -0.1) is 0 Å². The first-order chi connectivity index (χ1) is 25.2. The fraction of sp³-hybridized carbons (Fsp3) is 0.738. The second-order valence-electron chi connectivity index (χ2n) is 16.3. The van der Waals surface area contributed by atoms with Gasteiger partial charge in [-0.05, 0) is 62.2 Å². The summed E-state index contributed by atoms with van der Waals surface area (Å²) in [7, 11) is 1.75. The Morgan fingerprint density at radius 3 is 2.57 bits per heavy atom. The zero-order valence-corrected chi connectivity index (χ0v) is 33.8. The van der Waals surface area contributed by atoms with Crippen molar-refractivity contribution < 1.29 is 48.2 Å². The topological polar surface area (TPSA) is 122 Å². The molecule has 3 fully saturated rings. The van der Waals surface area contributed by atoms with Gasteiger partial charge in [0, 0.05) is 38.2 Å². The summed E-state index contributed by atoms with van der Waals surface area (Å²) >= 11 is 1.75. The van der Waals surface area contributed by atoms with Crippen molar-refractivity contribution in [3.63, 3.8) is 0 Å². The lowest BCUT2D eigenvalue weighted by molar-refractivity contribution is -0.300. The lowest BCUT2D eigenvalue weighted by atomic mass is 9.71. The van der Waals surface area contributed by atoms with Crippen LogP contribution >= 0.6 is 11.8 Å². The van der Waals surface area contributed by atoms with Gasteiger partial charge in [0.15, 0.2) is 12.1 Å². The molecule has 16 atom stereocenters. The van der Waals surface area contributed by atoms with Crippen LogP contribution in [0.15, 0.2) is 59.3 Å². The number of ether oxygens (including phenoxy) is 7. The smallest absolute Gasteiger partial charge is 0.316 e. The number of carbonyl (C=O) groups is 1. The Balaban J connectivity index is 1.38. The normalized spacial score (nSPS) is 48.1. The summed E-state index contributed by atoms with van der Waals surface area (Å²) in [6.07, 6.45) is 14.8. The van der Waals surface area contributed by atoms with E-state index in [9.17, 15) is 15.0 Å². The van der Waals surface area contributed by atoms with Crippen molar-refractivity contribution in [2.24, 2.45) is 23.7 Å². The van der Waals surface area contributed by atoms with Crippen molar-refractivity contribution in [3.05, 3.63) is 59.3 Å². The van der Waals surface area contributed by atoms with Crippen molar-refractivity contribution in [1.29, 1.82) is 0 Å². The third kappa shape index (κ3) is 8.21. The number of hydrogen-bond acceptors (Lipinski definition) is 11. The van der Waals surface area contributed by atoms with Gasteiger partial charge in [-0.25, -0.2) is 0 Å². The zero-order chi connectivity index (χ0) is 38.2. The Labute approximate surface area is 320 Å². The van der Waals surface area contributed by atoms with Gasteiger partial charge >= 0.3 is 5.97 Å². The Morgan fingerprint density at radius 1 is 1.08 bits per heavy atom. The Hall–Kier alpha value is -1.80. The molecule has 3 saturated heterocycles.